The number of likely N-dealkylation sites (tertiary alicyclic amines) is 1. The molecule has 19 heavy (non-hydrogen) atoms. The van der Waals surface area contributed by atoms with Crippen molar-refractivity contribution in [3.8, 4) is 0 Å². The van der Waals surface area contributed by atoms with E-state index >= 15 is 0 Å². The minimum Gasteiger partial charge on any atom is -0.314 e. The van der Waals surface area contributed by atoms with Gasteiger partial charge in [0.2, 0.25) is 0 Å². The van der Waals surface area contributed by atoms with Crippen LogP contribution >= 0.6 is 0 Å². The Labute approximate surface area is 119 Å². The minimum absolute atomic E-state index is 0.945. The molecule has 1 atom stereocenters. The van der Waals surface area contributed by atoms with Crippen LogP contribution in [0.3, 0.4) is 0 Å². The van der Waals surface area contributed by atoms with Gasteiger partial charge in [-0.05, 0) is 65.5 Å². The van der Waals surface area contributed by atoms with Crippen LogP contribution in [0, 0.1) is 5.92 Å². The topological polar surface area (TPSA) is 21.8 Å². The summed E-state index contributed by atoms with van der Waals surface area (Å²) >= 11 is 0. The van der Waals surface area contributed by atoms with Crippen LogP contribution in [0.15, 0.2) is 0 Å². The van der Waals surface area contributed by atoms with Crippen molar-refractivity contribution in [1.82, 2.24) is 20.0 Å². The summed E-state index contributed by atoms with van der Waals surface area (Å²) in [7, 11) is 4.54. The number of rotatable bonds is 7. The predicted molar refractivity (Wildman–Crippen MR) is 81.6 cm³/mol. The van der Waals surface area contributed by atoms with Crippen LogP contribution < -0.4 is 5.32 Å². The molecule has 4 nitrogen and oxygen atoms in total. The van der Waals surface area contributed by atoms with Gasteiger partial charge in [0.15, 0.2) is 0 Å². The molecule has 2 saturated heterocycles. The number of nitrogens with zero attached hydrogens (tertiary/aromatic N) is 3. The van der Waals surface area contributed by atoms with Gasteiger partial charge in [0.25, 0.3) is 0 Å². The van der Waals surface area contributed by atoms with Crippen LogP contribution in [0.1, 0.15) is 19.3 Å². The van der Waals surface area contributed by atoms with Crippen molar-refractivity contribution < 1.29 is 0 Å². The van der Waals surface area contributed by atoms with Gasteiger partial charge in [-0.25, -0.2) is 0 Å². The highest BCUT2D eigenvalue weighted by molar-refractivity contribution is 4.74. The maximum Gasteiger partial charge on any atom is 0.0107 e. The molecule has 0 bridgehead atoms. The Morgan fingerprint density at radius 3 is 2.63 bits per heavy atom. The van der Waals surface area contributed by atoms with E-state index in [4.69, 9.17) is 0 Å². The Morgan fingerprint density at radius 2 is 1.95 bits per heavy atom. The third kappa shape index (κ3) is 5.78. The van der Waals surface area contributed by atoms with Crippen molar-refractivity contribution in [3.63, 3.8) is 0 Å². The molecular formula is C15H32N4. The van der Waals surface area contributed by atoms with E-state index in [9.17, 15) is 0 Å². The third-order valence-corrected chi connectivity index (χ3v) is 4.63. The fourth-order valence-electron chi connectivity index (χ4n) is 3.28. The molecule has 0 amide bonds. The van der Waals surface area contributed by atoms with E-state index < -0.39 is 0 Å². The third-order valence-electron chi connectivity index (χ3n) is 4.63. The molecule has 2 fully saturated rings. The van der Waals surface area contributed by atoms with Gasteiger partial charge in [0.1, 0.15) is 0 Å². The lowest BCUT2D eigenvalue weighted by atomic mass is 10.1. The Morgan fingerprint density at radius 1 is 1.16 bits per heavy atom. The summed E-state index contributed by atoms with van der Waals surface area (Å²) in [5, 5.41) is 3.41. The van der Waals surface area contributed by atoms with Crippen LogP contribution in [0.25, 0.3) is 0 Å². The quantitative estimate of drug-likeness (QED) is 0.728. The van der Waals surface area contributed by atoms with E-state index in [1.165, 1.54) is 78.2 Å². The zero-order valence-electron chi connectivity index (χ0n) is 12.9. The van der Waals surface area contributed by atoms with Crippen molar-refractivity contribution in [2.75, 3.05) is 73.0 Å². The zero-order chi connectivity index (χ0) is 13.5. The van der Waals surface area contributed by atoms with E-state index in [-0.39, 0.29) is 0 Å². The van der Waals surface area contributed by atoms with Gasteiger partial charge in [-0.15, -0.1) is 0 Å². The molecule has 0 aromatic rings. The Hall–Kier alpha value is -0.160. The molecular weight excluding hydrogens is 236 g/mol. The molecule has 2 aliphatic heterocycles. The van der Waals surface area contributed by atoms with Crippen molar-refractivity contribution in [1.29, 1.82) is 0 Å². The summed E-state index contributed by atoms with van der Waals surface area (Å²) < 4.78 is 0. The van der Waals surface area contributed by atoms with Crippen molar-refractivity contribution in [3.05, 3.63) is 0 Å². The van der Waals surface area contributed by atoms with Crippen LogP contribution in [0.5, 0.6) is 0 Å². The van der Waals surface area contributed by atoms with Crippen molar-refractivity contribution >= 4 is 0 Å². The zero-order valence-corrected chi connectivity index (χ0v) is 12.9. The highest BCUT2D eigenvalue weighted by Gasteiger charge is 2.19. The van der Waals surface area contributed by atoms with Gasteiger partial charge in [-0.1, -0.05) is 0 Å². The maximum absolute atomic E-state index is 3.41. The Bertz CT molecular complexity index is 240. The normalized spacial score (nSPS) is 26.4. The molecule has 2 rings (SSSR count). The van der Waals surface area contributed by atoms with E-state index in [1.54, 1.807) is 0 Å². The molecule has 0 spiro atoms. The van der Waals surface area contributed by atoms with Crippen LogP contribution in [0.4, 0.5) is 0 Å². The number of nitrogens with one attached hydrogen (secondary N) is 1. The molecule has 4 heteroatoms. The minimum atomic E-state index is 0.945. The summed E-state index contributed by atoms with van der Waals surface area (Å²) in [6.45, 7) is 11.2. The molecule has 0 aliphatic carbocycles. The number of hydrogen-bond donors (Lipinski definition) is 1. The summed E-state index contributed by atoms with van der Waals surface area (Å²) in [5.41, 5.74) is 0. The second kappa shape index (κ2) is 8.20. The molecule has 2 aliphatic rings. The standard InChI is InChI=1S/C15H32N4/c1-17(10-4-15-5-11-18(2)14-15)8-3-9-19-12-6-16-7-13-19/h15-16H,3-14H2,1-2H3. The molecule has 0 aromatic heterocycles. The van der Waals surface area contributed by atoms with Crippen LogP contribution in [-0.4, -0.2) is 87.7 Å². The molecule has 0 aromatic carbocycles. The first-order valence-corrected chi connectivity index (χ1v) is 8.04. The van der Waals surface area contributed by atoms with E-state index in [2.05, 4.69) is 34.1 Å². The largest absolute Gasteiger partial charge is 0.314 e. The monoisotopic (exact) mass is 268 g/mol. The number of piperazine rings is 1. The smallest absolute Gasteiger partial charge is 0.0107 e. The first kappa shape index (κ1) is 15.2. The predicted octanol–water partition coefficient (Wildman–Crippen LogP) is 0.555. The lowest BCUT2D eigenvalue weighted by Crippen LogP contribution is -2.44. The molecule has 0 radical (unpaired) electrons. The first-order chi connectivity index (χ1) is 9.24. The van der Waals surface area contributed by atoms with Gasteiger partial charge >= 0.3 is 0 Å². The van der Waals surface area contributed by atoms with Crippen molar-refractivity contribution in [2.45, 2.75) is 19.3 Å². The van der Waals surface area contributed by atoms with Gasteiger partial charge in [0.05, 0.1) is 0 Å². The molecule has 0 saturated carbocycles. The van der Waals surface area contributed by atoms with Gasteiger partial charge in [-0.3, -0.25) is 0 Å². The van der Waals surface area contributed by atoms with E-state index in [1.807, 2.05) is 0 Å². The number of hydrogen-bond acceptors (Lipinski definition) is 4. The van der Waals surface area contributed by atoms with Crippen LogP contribution in [-0.2, 0) is 0 Å². The highest BCUT2D eigenvalue weighted by atomic mass is 15.2. The maximum atomic E-state index is 3.41. The average molecular weight is 268 g/mol. The fraction of sp³-hybridized carbons (Fsp3) is 1.00. The summed E-state index contributed by atoms with van der Waals surface area (Å²) in [5.74, 6) is 0.945. The molecule has 1 unspecified atom stereocenters. The van der Waals surface area contributed by atoms with E-state index in [0.29, 0.717) is 0 Å². The SMILES string of the molecule is CN(CCCN1CCNCC1)CCC1CCN(C)C1. The summed E-state index contributed by atoms with van der Waals surface area (Å²) in [4.78, 5) is 7.59. The molecule has 1 N–H and O–H groups in total. The van der Waals surface area contributed by atoms with Gasteiger partial charge < -0.3 is 20.0 Å². The van der Waals surface area contributed by atoms with E-state index in [0.717, 1.165) is 5.92 Å². The van der Waals surface area contributed by atoms with Crippen molar-refractivity contribution in [2.24, 2.45) is 5.92 Å². The van der Waals surface area contributed by atoms with Gasteiger partial charge in [-0.2, -0.15) is 0 Å². The Balaban J connectivity index is 1.48. The van der Waals surface area contributed by atoms with Gasteiger partial charge in [0, 0.05) is 32.7 Å². The fourth-order valence-corrected chi connectivity index (χ4v) is 3.28. The first-order valence-electron chi connectivity index (χ1n) is 8.04. The lowest BCUT2D eigenvalue weighted by Gasteiger charge is -2.28. The second-order valence-corrected chi connectivity index (χ2v) is 6.45. The summed E-state index contributed by atoms with van der Waals surface area (Å²) in [6.07, 6.45) is 4.11. The molecule has 112 valence electrons. The molecule has 2 heterocycles. The second-order valence-electron chi connectivity index (χ2n) is 6.45. The average Bonchev–Trinajstić information content (AvgIpc) is 2.83. The lowest BCUT2D eigenvalue weighted by molar-refractivity contribution is 0.218. The highest BCUT2D eigenvalue weighted by Crippen LogP contribution is 2.17. The van der Waals surface area contributed by atoms with Crippen LogP contribution in [0.2, 0.25) is 0 Å². The Kier molecular flexibility index (Phi) is 6.57. The summed E-state index contributed by atoms with van der Waals surface area (Å²) in [6, 6.07) is 0.